The van der Waals surface area contributed by atoms with Gasteiger partial charge in [0.2, 0.25) is 0 Å². The molecule has 1 aliphatic rings. The van der Waals surface area contributed by atoms with Crippen molar-refractivity contribution in [2.24, 2.45) is 5.41 Å². The lowest BCUT2D eigenvalue weighted by Gasteiger charge is -2.39. The maximum Gasteiger partial charge on any atom is 0.310 e. The second kappa shape index (κ2) is 5.96. The Hall–Kier alpha value is -1.35. The van der Waals surface area contributed by atoms with Gasteiger partial charge in [-0.25, -0.2) is 0 Å². The highest BCUT2D eigenvalue weighted by molar-refractivity contribution is 5.75. The summed E-state index contributed by atoms with van der Waals surface area (Å²) >= 11 is 0. The molecule has 3 heteroatoms. The lowest BCUT2D eigenvalue weighted by Crippen LogP contribution is -2.47. The number of piperidine rings is 1. The van der Waals surface area contributed by atoms with Gasteiger partial charge in [0, 0.05) is 13.1 Å². The lowest BCUT2D eigenvalue weighted by molar-refractivity contribution is -0.153. The van der Waals surface area contributed by atoms with Gasteiger partial charge in [0.25, 0.3) is 0 Å². The van der Waals surface area contributed by atoms with E-state index < -0.39 is 11.4 Å². The smallest absolute Gasteiger partial charge is 0.310 e. The van der Waals surface area contributed by atoms with Gasteiger partial charge in [-0.1, -0.05) is 30.7 Å². The molecule has 1 saturated heterocycles. The third-order valence-electron chi connectivity index (χ3n) is 4.68. The van der Waals surface area contributed by atoms with Crippen LogP contribution in [0.2, 0.25) is 0 Å². The molecular formula is C17H25NO2. The van der Waals surface area contributed by atoms with Gasteiger partial charge in [0.05, 0.1) is 5.41 Å². The van der Waals surface area contributed by atoms with Crippen LogP contribution in [-0.4, -0.2) is 29.1 Å². The molecule has 0 radical (unpaired) electrons. The first-order valence-electron chi connectivity index (χ1n) is 7.49. The van der Waals surface area contributed by atoms with E-state index in [1.807, 2.05) is 6.92 Å². The summed E-state index contributed by atoms with van der Waals surface area (Å²) in [6.07, 6.45) is 2.50. The van der Waals surface area contributed by atoms with Crippen LogP contribution in [0.5, 0.6) is 0 Å². The zero-order valence-corrected chi connectivity index (χ0v) is 12.8. The topological polar surface area (TPSA) is 40.5 Å². The summed E-state index contributed by atoms with van der Waals surface area (Å²) in [5.41, 5.74) is 3.34. The van der Waals surface area contributed by atoms with Crippen LogP contribution >= 0.6 is 0 Å². The Balaban J connectivity index is 2.11. The minimum absolute atomic E-state index is 0.545. The maximum absolute atomic E-state index is 11.6. The molecule has 1 aromatic rings. The van der Waals surface area contributed by atoms with Crippen molar-refractivity contribution in [3.8, 4) is 0 Å². The molecule has 1 heterocycles. The van der Waals surface area contributed by atoms with Crippen molar-refractivity contribution >= 4 is 5.97 Å². The van der Waals surface area contributed by atoms with E-state index in [4.69, 9.17) is 0 Å². The fourth-order valence-electron chi connectivity index (χ4n) is 3.24. The van der Waals surface area contributed by atoms with Crippen LogP contribution in [0.15, 0.2) is 18.2 Å². The number of carbonyl (C=O) groups is 1. The van der Waals surface area contributed by atoms with E-state index in [1.54, 1.807) is 0 Å². The molecule has 1 unspecified atom stereocenters. The van der Waals surface area contributed by atoms with Crippen LogP contribution in [-0.2, 0) is 11.3 Å². The third-order valence-corrected chi connectivity index (χ3v) is 4.68. The van der Waals surface area contributed by atoms with Crippen LogP contribution in [0.1, 0.15) is 42.9 Å². The van der Waals surface area contributed by atoms with Crippen molar-refractivity contribution in [2.75, 3.05) is 13.1 Å². The SMILES string of the molecule is CCC1(C(=O)O)CCCN(Cc2ccc(C)cc2C)C1. The zero-order chi connectivity index (χ0) is 14.8. The Morgan fingerprint density at radius 2 is 2.15 bits per heavy atom. The predicted octanol–water partition coefficient (Wildman–Crippen LogP) is 3.38. The largest absolute Gasteiger partial charge is 0.481 e. The summed E-state index contributed by atoms with van der Waals surface area (Å²) in [6.45, 7) is 8.77. The number of carboxylic acids is 1. The quantitative estimate of drug-likeness (QED) is 0.915. The van der Waals surface area contributed by atoms with E-state index >= 15 is 0 Å². The summed E-state index contributed by atoms with van der Waals surface area (Å²) in [5, 5.41) is 9.54. The minimum Gasteiger partial charge on any atom is -0.481 e. The average molecular weight is 275 g/mol. The van der Waals surface area contributed by atoms with Gasteiger partial charge in [-0.3, -0.25) is 9.69 Å². The average Bonchev–Trinajstić information content (AvgIpc) is 2.42. The summed E-state index contributed by atoms with van der Waals surface area (Å²) < 4.78 is 0. The molecule has 0 amide bonds. The fourth-order valence-corrected chi connectivity index (χ4v) is 3.24. The Bertz CT molecular complexity index is 498. The molecule has 20 heavy (non-hydrogen) atoms. The summed E-state index contributed by atoms with van der Waals surface area (Å²) in [7, 11) is 0. The van der Waals surface area contributed by atoms with Crippen LogP contribution in [0.3, 0.4) is 0 Å². The second-order valence-corrected chi connectivity index (χ2v) is 6.18. The van der Waals surface area contributed by atoms with Crippen molar-refractivity contribution in [3.63, 3.8) is 0 Å². The zero-order valence-electron chi connectivity index (χ0n) is 12.8. The van der Waals surface area contributed by atoms with Crippen molar-refractivity contribution in [1.29, 1.82) is 0 Å². The van der Waals surface area contributed by atoms with Gasteiger partial charge >= 0.3 is 5.97 Å². The first-order valence-corrected chi connectivity index (χ1v) is 7.49. The molecular weight excluding hydrogens is 250 g/mol. The number of hydrogen-bond donors (Lipinski definition) is 1. The van der Waals surface area contributed by atoms with Crippen LogP contribution in [0.25, 0.3) is 0 Å². The van der Waals surface area contributed by atoms with Gasteiger partial charge in [-0.2, -0.15) is 0 Å². The highest BCUT2D eigenvalue weighted by Gasteiger charge is 2.40. The summed E-state index contributed by atoms with van der Waals surface area (Å²) in [6, 6.07) is 6.51. The molecule has 0 saturated carbocycles. The van der Waals surface area contributed by atoms with E-state index in [1.165, 1.54) is 16.7 Å². The van der Waals surface area contributed by atoms with E-state index in [-0.39, 0.29) is 0 Å². The van der Waals surface area contributed by atoms with Crippen molar-refractivity contribution < 1.29 is 9.90 Å². The Kier molecular flexibility index (Phi) is 4.48. The molecule has 0 spiro atoms. The molecule has 1 aliphatic heterocycles. The molecule has 1 aromatic carbocycles. The number of nitrogens with zero attached hydrogens (tertiary/aromatic N) is 1. The van der Waals surface area contributed by atoms with E-state index in [0.717, 1.165) is 25.9 Å². The molecule has 1 fully saturated rings. The molecule has 1 atom stereocenters. The number of hydrogen-bond acceptors (Lipinski definition) is 2. The minimum atomic E-state index is -0.634. The number of benzene rings is 1. The highest BCUT2D eigenvalue weighted by atomic mass is 16.4. The standard InChI is InChI=1S/C17H25NO2/c1-4-17(16(19)20)8-5-9-18(12-17)11-15-7-6-13(2)10-14(15)3/h6-7,10H,4-5,8-9,11-12H2,1-3H3,(H,19,20). The van der Waals surface area contributed by atoms with Gasteiger partial charge < -0.3 is 5.11 Å². The van der Waals surface area contributed by atoms with Crippen molar-refractivity contribution in [2.45, 2.75) is 46.6 Å². The van der Waals surface area contributed by atoms with E-state index in [9.17, 15) is 9.90 Å². The lowest BCUT2D eigenvalue weighted by atomic mass is 9.77. The van der Waals surface area contributed by atoms with Gasteiger partial charge in [-0.15, -0.1) is 0 Å². The van der Waals surface area contributed by atoms with Crippen molar-refractivity contribution in [1.82, 2.24) is 4.90 Å². The van der Waals surface area contributed by atoms with Crippen LogP contribution in [0, 0.1) is 19.3 Å². The Labute approximate surface area is 121 Å². The number of likely N-dealkylation sites (tertiary alicyclic amines) is 1. The van der Waals surface area contributed by atoms with E-state index in [2.05, 4.69) is 36.9 Å². The summed E-state index contributed by atoms with van der Waals surface area (Å²) in [5.74, 6) is -0.634. The van der Waals surface area contributed by atoms with E-state index in [0.29, 0.717) is 13.0 Å². The van der Waals surface area contributed by atoms with Gasteiger partial charge in [0.15, 0.2) is 0 Å². The molecule has 0 aliphatic carbocycles. The van der Waals surface area contributed by atoms with Crippen LogP contribution in [0.4, 0.5) is 0 Å². The fraction of sp³-hybridized carbons (Fsp3) is 0.588. The number of rotatable bonds is 4. The van der Waals surface area contributed by atoms with Gasteiger partial charge in [0.1, 0.15) is 0 Å². The molecule has 0 aromatic heterocycles. The monoisotopic (exact) mass is 275 g/mol. The van der Waals surface area contributed by atoms with Crippen LogP contribution < -0.4 is 0 Å². The van der Waals surface area contributed by atoms with Crippen molar-refractivity contribution in [3.05, 3.63) is 34.9 Å². The van der Waals surface area contributed by atoms with Gasteiger partial charge in [-0.05, 0) is 50.8 Å². The highest BCUT2D eigenvalue weighted by Crippen LogP contribution is 2.34. The molecule has 0 bridgehead atoms. The number of aliphatic carboxylic acids is 1. The normalized spacial score (nSPS) is 23.8. The second-order valence-electron chi connectivity index (χ2n) is 6.18. The predicted molar refractivity (Wildman–Crippen MR) is 80.8 cm³/mol. The summed E-state index contributed by atoms with van der Waals surface area (Å²) in [4.78, 5) is 13.9. The Morgan fingerprint density at radius 1 is 1.40 bits per heavy atom. The third kappa shape index (κ3) is 3.04. The molecule has 3 nitrogen and oxygen atoms in total. The first kappa shape index (κ1) is 15.0. The Morgan fingerprint density at radius 3 is 2.75 bits per heavy atom. The number of carboxylic acid groups (broad SMARTS) is 1. The molecule has 110 valence electrons. The molecule has 1 N–H and O–H groups in total. The number of aryl methyl sites for hydroxylation is 2. The maximum atomic E-state index is 11.6. The first-order chi connectivity index (χ1) is 9.47. The molecule has 2 rings (SSSR count).